The van der Waals surface area contributed by atoms with E-state index in [4.69, 9.17) is 0 Å². The molecule has 1 fully saturated rings. The Kier molecular flexibility index (Phi) is 8.63. The molecule has 1 aliphatic heterocycles. The van der Waals surface area contributed by atoms with E-state index in [2.05, 4.69) is 10.3 Å². The zero-order valence-electron chi connectivity index (χ0n) is 13.6. The van der Waals surface area contributed by atoms with Crippen molar-refractivity contribution in [2.24, 2.45) is 4.99 Å². The van der Waals surface area contributed by atoms with Gasteiger partial charge in [0.15, 0.2) is 15.8 Å². The lowest BCUT2D eigenvalue weighted by Gasteiger charge is -2.39. The van der Waals surface area contributed by atoms with E-state index in [9.17, 15) is 21.6 Å². The molecule has 5 nitrogen and oxygen atoms in total. The average molecular weight is 471 g/mol. The van der Waals surface area contributed by atoms with Gasteiger partial charge in [-0.1, -0.05) is 0 Å². The molecule has 23 heavy (non-hydrogen) atoms. The Balaban J connectivity index is 0.00000484. The summed E-state index contributed by atoms with van der Waals surface area (Å²) in [6.07, 6.45) is -4.46. The monoisotopic (exact) mass is 471 g/mol. The van der Waals surface area contributed by atoms with Gasteiger partial charge in [0.25, 0.3) is 0 Å². The van der Waals surface area contributed by atoms with Crippen LogP contribution in [0.1, 0.15) is 33.1 Å². The second-order valence-electron chi connectivity index (χ2n) is 6.05. The van der Waals surface area contributed by atoms with Gasteiger partial charge in [0.1, 0.15) is 0 Å². The van der Waals surface area contributed by atoms with Crippen molar-refractivity contribution in [3.8, 4) is 0 Å². The van der Waals surface area contributed by atoms with Crippen molar-refractivity contribution in [3.63, 3.8) is 0 Å². The zero-order chi connectivity index (χ0) is 17.0. The minimum absolute atomic E-state index is 0. The van der Waals surface area contributed by atoms with Crippen LogP contribution in [0, 0.1) is 0 Å². The number of nitrogens with one attached hydrogen (secondary N) is 1. The van der Waals surface area contributed by atoms with Gasteiger partial charge in [0.2, 0.25) is 0 Å². The molecule has 1 rings (SSSR count). The van der Waals surface area contributed by atoms with Crippen LogP contribution in [0.25, 0.3) is 0 Å². The predicted molar refractivity (Wildman–Crippen MR) is 96.1 cm³/mol. The summed E-state index contributed by atoms with van der Waals surface area (Å²) in [5.74, 6) is 0.587. The van der Waals surface area contributed by atoms with Crippen molar-refractivity contribution in [1.29, 1.82) is 0 Å². The number of rotatable bonds is 4. The highest BCUT2D eigenvalue weighted by molar-refractivity contribution is 14.0. The molecule has 0 radical (unpaired) electrons. The van der Waals surface area contributed by atoms with E-state index in [-0.39, 0.29) is 36.2 Å². The molecule has 0 amide bonds. The summed E-state index contributed by atoms with van der Waals surface area (Å²) < 4.78 is 59.2. The van der Waals surface area contributed by atoms with Gasteiger partial charge in [-0.25, -0.2) is 8.42 Å². The maximum absolute atomic E-state index is 12.0. The molecule has 138 valence electrons. The van der Waals surface area contributed by atoms with Gasteiger partial charge in [0.05, 0.1) is 10.5 Å². The number of sulfone groups is 1. The molecule has 0 aromatic rings. The molecule has 0 saturated carbocycles. The maximum atomic E-state index is 12.0. The molecule has 0 atom stereocenters. The Labute approximate surface area is 153 Å². The summed E-state index contributed by atoms with van der Waals surface area (Å²) >= 11 is 0. The van der Waals surface area contributed by atoms with Crippen LogP contribution < -0.4 is 5.32 Å². The van der Waals surface area contributed by atoms with Gasteiger partial charge < -0.3 is 10.2 Å². The molecule has 0 bridgehead atoms. The third kappa shape index (κ3) is 7.02. The Bertz CT molecular complexity index is 507. The molecule has 0 unspecified atom stereocenters. The Hall–Kier alpha value is -0.260. The van der Waals surface area contributed by atoms with Crippen molar-refractivity contribution in [2.75, 3.05) is 32.4 Å². The topological polar surface area (TPSA) is 61.8 Å². The lowest BCUT2D eigenvalue weighted by molar-refractivity contribution is -0.135. The third-order valence-corrected chi connectivity index (χ3v) is 6.26. The van der Waals surface area contributed by atoms with Crippen LogP contribution in [-0.4, -0.2) is 62.6 Å². The van der Waals surface area contributed by atoms with Gasteiger partial charge in [0, 0.05) is 33.1 Å². The minimum atomic E-state index is -4.12. The summed E-state index contributed by atoms with van der Waals surface area (Å²) in [5, 5.41) is 3.00. The fraction of sp³-hybridized carbons (Fsp3) is 0.923. The second kappa shape index (κ2) is 8.72. The first-order valence-electron chi connectivity index (χ1n) is 7.23. The zero-order valence-corrected chi connectivity index (χ0v) is 16.8. The summed E-state index contributed by atoms with van der Waals surface area (Å²) in [4.78, 5) is 5.92. The molecule has 0 aromatic heterocycles. The first-order valence-corrected chi connectivity index (χ1v) is 8.88. The average Bonchev–Trinajstić information content (AvgIpc) is 2.36. The van der Waals surface area contributed by atoms with Crippen LogP contribution in [0.2, 0.25) is 0 Å². The molecule has 1 saturated heterocycles. The van der Waals surface area contributed by atoms with Crippen molar-refractivity contribution >= 4 is 39.8 Å². The summed E-state index contributed by atoms with van der Waals surface area (Å²) in [7, 11) is -1.55. The van der Waals surface area contributed by atoms with Gasteiger partial charge in [-0.2, -0.15) is 13.2 Å². The number of alkyl halides is 3. The number of halogens is 4. The van der Waals surface area contributed by atoms with Crippen LogP contribution in [0.15, 0.2) is 4.99 Å². The van der Waals surface area contributed by atoms with Crippen LogP contribution in [-0.2, 0) is 9.84 Å². The smallest absolute Gasteiger partial charge is 0.356 e. The third-order valence-electron chi connectivity index (χ3n) is 3.72. The summed E-state index contributed by atoms with van der Waals surface area (Å²) in [6, 6.07) is 0. The molecule has 1 N–H and O–H groups in total. The van der Waals surface area contributed by atoms with Crippen molar-refractivity contribution in [3.05, 3.63) is 0 Å². The van der Waals surface area contributed by atoms with Gasteiger partial charge in [-0.3, -0.25) is 4.99 Å². The Morgan fingerprint density at radius 3 is 2.39 bits per heavy atom. The van der Waals surface area contributed by atoms with Gasteiger partial charge in [-0.15, -0.1) is 24.0 Å². The summed E-state index contributed by atoms with van der Waals surface area (Å²) in [5.41, 5.74) is 0. The van der Waals surface area contributed by atoms with E-state index >= 15 is 0 Å². The van der Waals surface area contributed by atoms with E-state index in [1.165, 1.54) is 0 Å². The van der Waals surface area contributed by atoms with Crippen LogP contribution in [0.4, 0.5) is 13.2 Å². The lowest BCUT2D eigenvalue weighted by atomic mass is 10.2. The molecular weight excluding hydrogens is 446 g/mol. The quantitative estimate of drug-likeness (QED) is 0.296. The highest BCUT2D eigenvalue weighted by Gasteiger charge is 2.40. The van der Waals surface area contributed by atoms with Crippen molar-refractivity contribution in [1.82, 2.24) is 10.2 Å². The Morgan fingerprint density at radius 2 is 1.91 bits per heavy atom. The summed E-state index contributed by atoms with van der Waals surface area (Å²) in [6.45, 7) is 4.38. The van der Waals surface area contributed by atoms with Crippen LogP contribution in [0.3, 0.4) is 0 Å². The fourth-order valence-electron chi connectivity index (χ4n) is 2.31. The minimum Gasteiger partial charge on any atom is -0.356 e. The highest BCUT2D eigenvalue weighted by atomic mass is 127. The normalized spacial score (nSPS) is 20.8. The van der Waals surface area contributed by atoms with E-state index < -0.39 is 27.2 Å². The van der Waals surface area contributed by atoms with Crippen LogP contribution >= 0.6 is 24.0 Å². The predicted octanol–water partition coefficient (Wildman–Crippen LogP) is 2.42. The first kappa shape index (κ1) is 22.7. The molecule has 0 spiro atoms. The number of unbranched alkanes of at least 4 members (excludes halogenated alkanes) is 1. The van der Waals surface area contributed by atoms with Crippen molar-refractivity contribution in [2.45, 2.75) is 44.0 Å². The number of nitrogens with zero attached hydrogens (tertiary/aromatic N) is 2. The van der Waals surface area contributed by atoms with E-state index in [0.29, 0.717) is 32.0 Å². The van der Waals surface area contributed by atoms with Gasteiger partial charge in [-0.05, 0) is 26.7 Å². The molecule has 1 heterocycles. The Morgan fingerprint density at radius 1 is 1.30 bits per heavy atom. The molecule has 0 aliphatic carbocycles. The number of hydrogen-bond acceptors (Lipinski definition) is 3. The number of aliphatic imine (C=N–C) groups is 1. The molecule has 1 aliphatic rings. The largest absolute Gasteiger partial charge is 0.389 e. The van der Waals surface area contributed by atoms with Crippen molar-refractivity contribution < 1.29 is 21.6 Å². The highest BCUT2D eigenvalue weighted by Crippen LogP contribution is 2.24. The molecule has 0 aromatic carbocycles. The number of guanidine groups is 1. The second-order valence-corrected chi connectivity index (χ2v) is 8.79. The fourth-order valence-corrected chi connectivity index (χ4v) is 3.67. The van der Waals surface area contributed by atoms with Crippen LogP contribution in [0.5, 0.6) is 0 Å². The SMILES string of the molecule is CN=C(NCCCCC(F)(F)F)N1CCS(=O)(=O)C(C)(C)C1.I. The maximum Gasteiger partial charge on any atom is 0.389 e. The van der Waals surface area contributed by atoms with E-state index in [1.54, 1.807) is 20.9 Å². The van der Waals surface area contributed by atoms with Gasteiger partial charge >= 0.3 is 6.18 Å². The molecular formula is C13H25F3IN3O2S. The molecule has 10 heteroatoms. The van der Waals surface area contributed by atoms with E-state index in [1.807, 2.05) is 4.90 Å². The van der Waals surface area contributed by atoms with E-state index in [0.717, 1.165) is 0 Å². The lowest BCUT2D eigenvalue weighted by Crippen LogP contribution is -2.57. The standard InChI is InChI=1S/C13H24F3N3O2S.HI/c1-12(2)10-19(8-9-22(12,20)21)11(17-3)18-7-5-4-6-13(14,15)16;/h4-10H2,1-3H3,(H,17,18);1H. The number of hydrogen-bond donors (Lipinski definition) is 1. The first-order chi connectivity index (χ1) is 9.98.